The molecule has 3 unspecified atom stereocenters. The monoisotopic (exact) mass is 980 g/mol. The van der Waals surface area contributed by atoms with Crippen molar-refractivity contribution in [3.8, 4) is 0 Å². The van der Waals surface area contributed by atoms with Gasteiger partial charge in [0.25, 0.3) is 0 Å². The predicted molar refractivity (Wildman–Crippen MR) is 295 cm³/mol. The van der Waals surface area contributed by atoms with Crippen LogP contribution in [0.3, 0.4) is 0 Å². The number of quaternary nitrogens is 1. The number of phosphoric ester groups is 1. The lowest BCUT2D eigenvalue weighted by Gasteiger charge is -2.26. The number of aliphatic hydroxyl groups excluding tert-OH is 1. The van der Waals surface area contributed by atoms with Gasteiger partial charge in [0, 0.05) is 6.42 Å². The van der Waals surface area contributed by atoms with Crippen molar-refractivity contribution < 1.29 is 32.9 Å². The van der Waals surface area contributed by atoms with Gasteiger partial charge >= 0.3 is 7.82 Å². The highest BCUT2D eigenvalue weighted by atomic mass is 31.2. The minimum absolute atomic E-state index is 0.0762. The number of nitrogens with zero attached hydrogens (tertiary/aromatic N) is 1. The first-order valence-corrected chi connectivity index (χ1v) is 30.8. The molecule has 0 aromatic rings. The third kappa shape index (κ3) is 52.5. The molecule has 0 saturated carbocycles. The Morgan fingerprint density at radius 3 is 1.22 bits per heavy atom. The predicted octanol–water partition coefficient (Wildman–Crippen LogP) is 17.8. The topological polar surface area (TPSA) is 105 Å². The van der Waals surface area contributed by atoms with E-state index in [1.807, 2.05) is 21.1 Å². The quantitative estimate of drug-likeness (QED) is 0.0243. The Balaban J connectivity index is 3.82. The fourth-order valence-electron chi connectivity index (χ4n) is 8.76. The normalized spacial score (nSPS) is 14.2. The lowest BCUT2D eigenvalue weighted by Crippen LogP contribution is -2.46. The van der Waals surface area contributed by atoms with Crippen LogP contribution in [0.1, 0.15) is 284 Å². The maximum Gasteiger partial charge on any atom is 0.472 e. The molecule has 0 aliphatic heterocycles. The van der Waals surface area contributed by atoms with Crippen LogP contribution >= 0.6 is 7.82 Å². The molecular weight excluding hydrogens is 864 g/mol. The molecule has 0 aromatic carbocycles. The number of carbonyl (C=O) groups is 1. The Labute approximate surface area is 423 Å². The summed E-state index contributed by atoms with van der Waals surface area (Å²) in [6.07, 6.45) is 65.2. The first kappa shape index (κ1) is 66.7. The Morgan fingerprint density at radius 2 is 0.838 bits per heavy atom. The number of amides is 1. The second-order valence-corrected chi connectivity index (χ2v) is 22.8. The first-order valence-electron chi connectivity index (χ1n) is 29.4. The smallest absolute Gasteiger partial charge is 0.391 e. The van der Waals surface area contributed by atoms with Gasteiger partial charge in [-0.2, -0.15) is 0 Å². The maximum absolute atomic E-state index is 12.9. The van der Waals surface area contributed by atoms with Crippen molar-refractivity contribution in [2.45, 2.75) is 296 Å². The van der Waals surface area contributed by atoms with Gasteiger partial charge in [-0.1, -0.05) is 262 Å². The summed E-state index contributed by atoms with van der Waals surface area (Å²) < 4.78 is 23.7. The number of phosphoric acid groups is 1. The van der Waals surface area contributed by atoms with Gasteiger partial charge < -0.3 is 19.8 Å². The SMILES string of the molecule is CCCCCCC/C=C\C/C=C\C/C=C\CCCCCCCCCCCCCCCCCCCCCCCCC(=O)NC(COP(=O)(O)OCC[N+](C)(C)C)C(O)CCCCCCCCCCC. The van der Waals surface area contributed by atoms with Gasteiger partial charge in [0.05, 0.1) is 39.9 Å². The molecule has 0 rings (SSSR count). The van der Waals surface area contributed by atoms with Crippen molar-refractivity contribution >= 4 is 13.7 Å². The van der Waals surface area contributed by atoms with Crippen LogP contribution in [0, 0.1) is 0 Å². The average Bonchev–Trinajstić information content (AvgIpc) is 3.30. The number of rotatable bonds is 54. The molecule has 0 spiro atoms. The molecule has 0 radical (unpaired) electrons. The van der Waals surface area contributed by atoms with Gasteiger partial charge in [0.1, 0.15) is 13.2 Å². The molecule has 9 heteroatoms. The number of carbonyl (C=O) groups excluding carboxylic acids is 1. The van der Waals surface area contributed by atoms with Crippen molar-refractivity contribution in [2.24, 2.45) is 0 Å². The molecule has 0 bridgehead atoms. The summed E-state index contributed by atoms with van der Waals surface area (Å²) in [6, 6.07) is -0.756. The summed E-state index contributed by atoms with van der Waals surface area (Å²) in [5.74, 6) is -0.143. The van der Waals surface area contributed by atoms with Crippen LogP contribution in [-0.4, -0.2) is 73.4 Å². The molecule has 8 nitrogen and oxygen atoms in total. The van der Waals surface area contributed by atoms with Crippen molar-refractivity contribution in [1.82, 2.24) is 5.32 Å². The molecule has 68 heavy (non-hydrogen) atoms. The van der Waals surface area contributed by atoms with Crippen LogP contribution in [0.25, 0.3) is 0 Å². The highest BCUT2D eigenvalue weighted by molar-refractivity contribution is 7.47. The molecule has 3 N–H and O–H groups in total. The van der Waals surface area contributed by atoms with E-state index in [-0.39, 0.29) is 19.1 Å². The number of aliphatic hydroxyl groups is 1. The largest absolute Gasteiger partial charge is 0.472 e. The Morgan fingerprint density at radius 1 is 0.500 bits per heavy atom. The van der Waals surface area contributed by atoms with Gasteiger partial charge in [-0.05, 0) is 51.4 Å². The summed E-state index contributed by atoms with van der Waals surface area (Å²) in [5.41, 5.74) is 0. The number of likely N-dealkylation sites (N-methyl/N-ethyl adjacent to an activating group) is 1. The zero-order valence-electron chi connectivity index (χ0n) is 45.9. The van der Waals surface area contributed by atoms with E-state index in [9.17, 15) is 19.4 Å². The number of hydrogen-bond donors (Lipinski definition) is 3. The number of nitrogens with one attached hydrogen (secondary N) is 1. The number of allylic oxidation sites excluding steroid dienone is 6. The van der Waals surface area contributed by atoms with E-state index in [1.54, 1.807) is 0 Å². The van der Waals surface area contributed by atoms with Gasteiger partial charge in [-0.3, -0.25) is 13.8 Å². The molecule has 0 aliphatic rings. The standard InChI is InChI=1S/C59H115N2O6P/c1-6-8-10-12-14-16-17-18-19-20-21-22-23-24-25-26-27-28-29-30-31-32-33-34-35-36-37-38-39-40-41-42-43-45-47-49-51-53-59(63)60-57(56-67-68(64,65)66-55-54-61(3,4)5)58(62)52-50-48-46-44-15-13-11-9-7-2/h17-18,20-21,23-24,57-58,62H,6-16,19,22,25-56H2,1-5H3,(H-,60,63,64,65)/p+1/b18-17-,21-20-,24-23-. The van der Waals surface area contributed by atoms with E-state index in [0.717, 1.165) is 51.4 Å². The summed E-state index contributed by atoms with van der Waals surface area (Å²) >= 11 is 0. The van der Waals surface area contributed by atoms with Gasteiger partial charge in [-0.25, -0.2) is 4.57 Å². The Bertz CT molecular complexity index is 1200. The molecule has 0 saturated heterocycles. The van der Waals surface area contributed by atoms with E-state index in [0.29, 0.717) is 23.9 Å². The second kappa shape index (κ2) is 50.7. The third-order valence-corrected chi connectivity index (χ3v) is 14.4. The van der Waals surface area contributed by atoms with E-state index in [4.69, 9.17) is 9.05 Å². The van der Waals surface area contributed by atoms with Crippen molar-refractivity contribution in [3.05, 3.63) is 36.5 Å². The van der Waals surface area contributed by atoms with Crippen LogP contribution in [0.2, 0.25) is 0 Å². The zero-order chi connectivity index (χ0) is 49.9. The van der Waals surface area contributed by atoms with Crippen molar-refractivity contribution in [2.75, 3.05) is 40.9 Å². The lowest BCUT2D eigenvalue weighted by atomic mass is 10.0. The van der Waals surface area contributed by atoms with E-state index in [2.05, 4.69) is 55.6 Å². The Kier molecular flexibility index (Phi) is 49.7. The van der Waals surface area contributed by atoms with Gasteiger partial charge in [0.15, 0.2) is 0 Å². The molecule has 0 heterocycles. The van der Waals surface area contributed by atoms with Crippen LogP contribution in [0.4, 0.5) is 0 Å². The van der Waals surface area contributed by atoms with E-state index >= 15 is 0 Å². The van der Waals surface area contributed by atoms with Crippen molar-refractivity contribution in [3.63, 3.8) is 0 Å². The molecule has 0 aliphatic carbocycles. The van der Waals surface area contributed by atoms with Gasteiger partial charge in [0.2, 0.25) is 5.91 Å². The summed E-state index contributed by atoms with van der Waals surface area (Å²) in [6.45, 7) is 4.87. The highest BCUT2D eigenvalue weighted by Crippen LogP contribution is 2.43. The second-order valence-electron chi connectivity index (χ2n) is 21.4. The minimum atomic E-state index is -4.31. The van der Waals surface area contributed by atoms with Crippen LogP contribution in [0.5, 0.6) is 0 Å². The average molecular weight is 981 g/mol. The summed E-state index contributed by atoms with van der Waals surface area (Å²) in [4.78, 5) is 23.2. The van der Waals surface area contributed by atoms with Crippen molar-refractivity contribution in [1.29, 1.82) is 0 Å². The molecule has 3 atom stereocenters. The van der Waals surface area contributed by atoms with E-state index < -0.39 is 20.0 Å². The fraction of sp³-hybridized carbons (Fsp3) is 0.881. The lowest BCUT2D eigenvalue weighted by molar-refractivity contribution is -0.870. The first-order chi connectivity index (χ1) is 33.0. The maximum atomic E-state index is 12.9. The molecule has 402 valence electrons. The van der Waals surface area contributed by atoms with Gasteiger partial charge in [-0.15, -0.1) is 0 Å². The third-order valence-electron chi connectivity index (χ3n) is 13.4. The summed E-state index contributed by atoms with van der Waals surface area (Å²) in [7, 11) is 1.62. The molecule has 0 aromatic heterocycles. The van der Waals surface area contributed by atoms with Crippen LogP contribution in [0.15, 0.2) is 36.5 Å². The molecular formula is C59H116N2O6P+. The molecule has 0 fully saturated rings. The number of unbranched alkanes of at least 4 members (excludes halogenated alkanes) is 35. The zero-order valence-corrected chi connectivity index (χ0v) is 46.8. The summed E-state index contributed by atoms with van der Waals surface area (Å²) in [5, 5.41) is 13.9. The molecule has 1 amide bonds. The minimum Gasteiger partial charge on any atom is -0.391 e. The van der Waals surface area contributed by atoms with E-state index in [1.165, 1.54) is 205 Å². The fourth-order valence-corrected chi connectivity index (χ4v) is 9.50. The highest BCUT2D eigenvalue weighted by Gasteiger charge is 2.28. The Hall–Kier alpha value is -1.28. The van der Waals surface area contributed by atoms with Crippen LogP contribution in [-0.2, 0) is 18.4 Å². The van der Waals surface area contributed by atoms with Crippen LogP contribution < -0.4 is 5.32 Å². The number of hydrogen-bond acceptors (Lipinski definition) is 5.